The Hall–Kier alpha value is -0.850. The van der Waals surface area contributed by atoms with Gasteiger partial charge in [-0.05, 0) is 32.1 Å². The number of nitrogens with zero attached hydrogens (tertiary/aromatic N) is 2. The van der Waals surface area contributed by atoms with Gasteiger partial charge in [0.1, 0.15) is 0 Å². The quantitative estimate of drug-likeness (QED) is 0.468. The zero-order valence-corrected chi connectivity index (χ0v) is 14.4. The lowest BCUT2D eigenvalue weighted by molar-refractivity contribution is -0.0320. The lowest BCUT2D eigenvalue weighted by atomic mass is 9.87. The van der Waals surface area contributed by atoms with Crippen LogP contribution < -0.4 is 5.32 Å². The average Bonchev–Trinajstić information content (AvgIpc) is 3.22. The van der Waals surface area contributed by atoms with Crippen LogP contribution in [0, 0.1) is 5.41 Å². The number of rotatable bonds is 5. The van der Waals surface area contributed by atoms with E-state index in [1.54, 1.807) is 0 Å². The summed E-state index contributed by atoms with van der Waals surface area (Å²) >= 11 is 0. The fourth-order valence-electron chi connectivity index (χ4n) is 3.78. The number of aliphatic imine (C=N–C) groups is 1. The first kappa shape index (κ1) is 17.0. The van der Waals surface area contributed by atoms with Gasteiger partial charge in [-0.15, -0.1) is 0 Å². The van der Waals surface area contributed by atoms with Crippen molar-refractivity contribution in [2.75, 3.05) is 59.7 Å². The number of nitrogens with one attached hydrogen (secondary N) is 1. The van der Waals surface area contributed by atoms with Crippen molar-refractivity contribution in [3.63, 3.8) is 0 Å². The van der Waals surface area contributed by atoms with Gasteiger partial charge >= 0.3 is 0 Å². The molecule has 1 N–H and O–H groups in total. The second-order valence-corrected chi connectivity index (χ2v) is 6.98. The summed E-state index contributed by atoms with van der Waals surface area (Å²) in [5.74, 6) is 1.03. The molecule has 132 valence electrons. The average molecular weight is 325 g/mol. The second-order valence-electron chi connectivity index (χ2n) is 6.98. The molecule has 1 atom stereocenters. The van der Waals surface area contributed by atoms with E-state index in [2.05, 4.69) is 15.2 Å². The zero-order valence-electron chi connectivity index (χ0n) is 14.4. The smallest absolute Gasteiger partial charge is 0.193 e. The summed E-state index contributed by atoms with van der Waals surface area (Å²) in [5.41, 5.74) is 0.379. The third kappa shape index (κ3) is 4.58. The first-order chi connectivity index (χ1) is 11.3. The van der Waals surface area contributed by atoms with Crippen LogP contribution in [-0.4, -0.2) is 76.7 Å². The van der Waals surface area contributed by atoms with E-state index in [4.69, 9.17) is 14.2 Å². The van der Waals surface area contributed by atoms with Gasteiger partial charge in [0.25, 0.3) is 0 Å². The van der Waals surface area contributed by atoms with Crippen molar-refractivity contribution in [3.05, 3.63) is 0 Å². The molecule has 0 amide bonds. The summed E-state index contributed by atoms with van der Waals surface area (Å²) in [7, 11) is 1.87. The maximum atomic E-state index is 5.91. The molecule has 1 spiro atoms. The third-order valence-corrected chi connectivity index (χ3v) is 5.26. The summed E-state index contributed by atoms with van der Waals surface area (Å²) < 4.78 is 16.9. The van der Waals surface area contributed by atoms with Gasteiger partial charge in [-0.3, -0.25) is 4.99 Å². The highest BCUT2D eigenvalue weighted by molar-refractivity contribution is 5.80. The molecule has 0 aliphatic carbocycles. The van der Waals surface area contributed by atoms with E-state index in [1.807, 2.05) is 7.05 Å². The number of likely N-dealkylation sites (tertiary alicyclic amines) is 1. The molecule has 3 heterocycles. The van der Waals surface area contributed by atoms with Crippen molar-refractivity contribution in [1.82, 2.24) is 10.2 Å². The number of hydrogen-bond donors (Lipinski definition) is 1. The second kappa shape index (κ2) is 8.31. The van der Waals surface area contributed by atoms with Gasteiger partial charge in [0.15, 0.2) is 5.96 Å². The molecule has 0 radical (unpaired) electrons. The Labute approximate surface area is 139 Å². The van der Waals surface area contributed by atoms with E-state index in [-0.39, 0.29) is 0 Å². The highest BCUT2D eigenvalue weighted by Crippen LogP contribution is 2.38. The Morgan fingerprint density at radius 1 is 1.26 bits per heavy atom. The van der Waals surface area contributed by atoms with Crippen molar-refractivity contribution in [3.8, 4) is 0 Å². The van der Waals surface area contributed by atoms with Gasteiger partial charge in [0.2, 0.25) is 0 Å². The summed E-state index contributed by atoms with van der Waals surface area (Å²) in [5, 5.41) is 3.49. The first-order valence-electron chi connectivity index (χ1n) is 9.04. The van der Waals surface area contributed by atoms with Crippen LogP contribution in [0.2, 0.25) is 0 Å². The lowest BCUT2D eigenvalue weighted by Crippen LogP contribution is -2.42. The third-order valence-electron chi connectivity index (χ3n) is 5.26. The predicted molar refractivity (Wildman–Crippen MR) is 89.8 cm³/mol. The molecular formula is C17H31N3O3. The van der Waals surface area contributed by atoms with Crippen molar-refractivity contribution in [2.24, 2.45) is 10.4 Å². The van der Waals surface area contributed by atoms with Gasteiger partial charge < -0.3 is 24.4 Å². The van der Waals surface area contributed by atoms with E-state index in [0.29, 0.717) is 11.5 Å². The van der Waals surface area contributed by atoms with Crippen LogP contribution in [-0.2, 0) is 14.2 Å². The number of guanidine groups is 1. The van der Waals surface area contributed by atoms with Gasteiger partial charge in [-0.25, -0.2) is 0 Å². The van der Waals surface area contributed by atoms with E-state index in [1.165, 1.54) is 12.8 Å². The molecule has 1 unspecified atom stereocenters. The van der Waals surface area contributed by atoms with E-state index in [9.17, 15) is 0 Å². The monoisotopic (exact) mass is 325 g/mol. The summed E-state index contributed by atoms with van der Waals surface area (Å²) in [4.78, 5) is 6.83. The Kier molecular flexibility index (Phi) is 6.14. The first-order valence-corrected chi connectivity index (χ1v) is 9.04. The van der Waals surface area contributed by atoms with Crippen LogP contribution in [0.3, 0.4) is 0 Å². The van der Waals surface area contributed by atoms with Crippen LogP contribution in [0.5, 0.6) is 0 Å². The Morgan fingerprint density at radius 3 is 2.87 bits per heavy atom. The van der Waals surface area contributed by atoms with Crippen LogP contribution in [0.1, 0.15) is 32.1 Å². The van der Waals surface area contributed by atoms with Crippen LogP contribution in [0.25, 0.3) is 0 Å². The van der Waals surface area contributed by atoms with E-state index < -0.39 is 0 Å². The molecule has 3 aliphatic rings. The molecule has 23 heavy (non-hydrogen) atoms. The summed E-state index contributed by atoms with van der Waals surface area (Å²) in [6.07, 6.45) is 5.89. The Morgan fingerprint density at radius 2 is 2.13 bits per heavy atom. The van der Waals surface area contributed by atoms with Crippen molar-refractivity contribution < 1.29 is 14.2 Å². The molecular weight excluding hydrogens is 294 g/mol. The zero-order chi connectivity index (χ0) is 16.0. The normalized spacial score (nSPS) is 29.6. The topological polar surface area (TPSA) is 55.3 Å². The van der Waals surface area contributed by atoms with Crippen LogP contribution in [0.15, 0.2) is 4.99 Å². The lowest BCUT2D eigenvalue weighted by Gasteiger charge is -2.25. The molecule has 0 bridgehead atoms. The largest absolute Gasteiger partial charge is 0.381 e. The fourth-order valence-corrected chi connectivity index (χ4v) is 3.78. The van der Waals surface area contributed by atoms with Crippen LogP contribution in [0.4, 0.5) is 0 Å². The minimum absolute atomic E-state index is 0.379. The van der Waals surface area contributed by atoms with Gasteiger partial charge in [-0.1, -0.05) is 0 Å². The Bertz CT molecular complexity index is 391. The molecule has 6 nitrogen and oxygen atoms in total. The molecule has 6 heteroatoms. The minimum atomic E-state index is 0.379. The van der Waals surface area contributed by atoms with Crippen molar-refractivity contribution >= 4 is 5.96 Å². The van der Waals surface area contributed by atoms with E-state index >= 15 is 0 Å². The van der Waals surface area contributed by atoms with Crippen LogP contribution >= 0.6 is 0 Å². The molecule has 0 aromatic rings. The summed E-state index contributed by atoms with van der Waals surface area (Å²) in [6.45, 7) is 7.41. The Balaban J connectivity index is 1.32. The molecule has 3 saturated heterocycles. The standard InChI is InChI=1S/C17H31N3O3/c1-18-16(20-8-5-17(13-20)6-12-22-14-17)19-7-2-9-23-15-3-10-21-11-4-15/h15H,2-14H2,1H3,(H,18,19). The fraction of sp³-hybridized carbons (Fsp3) is 0.941. The van der Waals surface area contributed by atoms with Crippen molar-refractivity contribution in [2.45, 2.75) is 38.2 Å². The molecule has 3 fully saturated rings. The molecule has 0 aromatic heterocycles. The van der Waals surface area contributed by atoms with Gasteiger partial charge in [0.05, 0.1) is 12.7 Å². The molecule has 3 rings (SSSR count). The highest BCUT2D eigenvalue weighted by Gasteiger charge is 2.42. The highest BCUT2D eigenvalue weighted by atomic mass is 16.5. The molecule has 0 aromatic carbocycles. The van der Waals surface area contributed by atoms with E-state index in [0.717, 1.165) is 77.9 Å². The van der Waals surface area contributed by atoms with Gasteiger partial charge in [-0.2, -0.15) is 0 Å². The summed E-state index contributed by atoms with van der Waals surface area (Å²) in [6, 6.07) is 0. The van der Waals surface area contributed by atoms with Gasteiger partial charge in [0, 0.05) is 58.5 Å². The number of ether oxygens (including phenoxy) is 3. The molecule has 0 saturated carbocycles. The predicted octanol–water partition coefficient (Wildman–Crippen LogP) is 1.26. The minimum Gasteiger partial charge on any atom is -0.381 e. The maximum absolute atomic E-state index is 5.91. The SMILES string of the molecule is CN=C(NCCCOC1CCOCC1)N1CCC2(CCOC2)C1. The number of hydrogen-bond acceptors (Lipinski definition) is 4. The van der Waals surface area contributed by atoms with Crippen molar-refractivity contribution in [1.29, 1.82) is 0 Å². The molecule has 3 aliphatic heterocycles. The maximum Gasteiger partial charge on any atom is 0.193 e.